The first-order chi connectivity index (χ1) is 10.2. The van der Waals surface area contributed by atoms with Crippen LogP contribution in [0.1, 0.15) is 11.3 Å². The Bertz CT molecular complexity index is 679. The zero-order valence-corrected chi connectivity index (χ0v) is 11.5. The predicted molar refractivity (Wildman–Crippen MR) is 75.1 cm³/mol. The molecule has 0 unspecified atom stereocenters. The molecule has 110 valence electrons. The monoisotopic (exact) mass is 291 g/mol. The topological polar surface area (TPSA) is 136 Å². The van der Waals surface area contributed by atoms with Crippen LogP contribution in [0.5, 0.6) is 11.5 Å². The number of ether oxygens (including phenoxy) is 2. The molecular formula is C12H15N6O3+. The molecule has 0 atom stereocenters. The summed E-state index contributed by atoms with van der Waals surface area (Å²) in [6.07, 6.45) is 1.61. The van der Waals surface area contributed by atoms with Crippen LogP contribution in [0.3, 0.4) is 0 Å². The molecule has 21 heavy (non-hydrogen) atoms. The van der Waals surface area contributed by atoms with Crippen LogP contribution in [-0.4, -0.2) is 36.6 Å². The summed E-state index contributed by atoms with van der Waals surface area (Å²) in [6.45, 7) is 0. The van der Waals surface area contributed by atoms with E-state index in [0.29, 0.717) is 11.5 Å². The zero-order valence-electron chi connectivity index (χ0n) is 11.5. The number of methoxy groups -OCH3 is 2. The second kappa shape index (κ2) is 6.37. The lowest BCUT2D eigenvalue weighted by Gasteiger charge is -2.04. The summed E-state index contributed by atoms with van der Waals surface area (Å²) < 4.78 is 14.8. The second-order valence-electron chi connectivity index (χ2n) is 3.88. The normalized spacial score (nSPS) is 11.8. The van der Waals surface area contributed by atoms with Crippen molar-refractivity contribution in [1.29, 1.82) is 0 Å². The molecule has 2 aromatic rings. The molecule has 0 amide bonds. The van der Waals surface area contributed by atoms with Crippen molar-refractivity contribution in [2.24, 2.45) is 10.8 Å². The van der Waals surface area contributed by atoms with Gasteiger partial charge in [-0.3, -0.25) is 0 Å². The van der Waals surface area contributed by atoms with Gasteiger partial charge in [-0.05, 0) is 22.4 Å². The van der Waals surface area contributed by atoms with Crippen molar-refractivity contribution in [2.75, 3.05) is 20.0 Å². The highest BCUT2D eigenvalue weighted by molar-refractivity contribution is 5.98. The Morgan fingerprint density at radius 1 is 1.33 bits per heavy atom. The molecule has 0 aliphatic rings. The van der Waals surface area contributed by atoms with E-state index in [-0.39, 0.29) is 17.3 Å². The molecular weight excluding hydrogens is 276 g/mol. The van der Waals surface area contributed by atoms with Gasteiger partial charge >= 0.3 is 0 Å². The first-order valence-electron chi connectivity index (χ1n) is 5.88. The van der Waals surface area contributed by atoms with Gasteiger partial charge in [0.05, 0.1) is 19.8 Å². The maximum Gasteiger partial charge on any atom is 0.224 e. The van der Waals surface area contributed by atoms with Crippen LogP contribution in [0, 0.1) is 0 Å². The zero-order chi connectivity index (χ0) is 15.2. The summed E-state index contributed by atoms with van der Waals surface area (Å²) in [6, 6.07) is 5.35. The third kappa shape index (κ3) is 3.26. The van der Waals surface area contributed by atoms with Gasteiger partial charge in [0.25, 0.3) is 0 Å². The number of amidine groups is 1. The number of nitrogens with zero attached hydrogens (tertiary/aromatic N) is 3. The Kier molecular flexibility index (Phi) is 4.34. The molecule has 9 nitrogen and oxygen atoms in total. The van der Waals surface area contributed by atoms with Crippen molar-refractivity contribution >= 4 is 17.9 Å². The minimum absolute atomic E-state index is 0.0532. The number of nitrogens with one attached hydrogen (secondary N) is 1. The van der Waals surface area contributed by atoms with Gasteiger partial charge < -0.3 is 20.9 Å². The lowest BCUT2D eigenvalue weighted by atomic mass is 10.2. The maximum atomic E-state index is 5.69. The van der Waals surface area contributed by atoms with Gasteiger partial charge in [-0.15, -0.1) is 5.10 Å². The van der Waals surface area contributed by atoms with Crippen LogP contribution in [0.25, 0.3) is 0 Å². The maximum absolute atomic E-state index is 5.69. The van der Waals surface area contributed by atoms with E-state index in [1.165, 1.54) is 0 Å². The van der Waals surface area contributed by atoms with Crippen molar-refractivity contribution in [2.45, 2.75) is 0 Å². The fourth-order valence-electron chi connectivity index (χ4n) is 1.54. The van der Waals surface area contributed by atoms with E-state index in [1.54, 1.807) is 32.6 Å². The van der Waals surface area contributed by atoms with Crippen molar-refractivity contribution in [3.05, 3.63) is 29.5 Å². The molecule has 0 saturated carbocycles. The summed E-state index contributed by atoms with van der Waals surface area (Å²) >= 11 is 0. The van der Waals surface area contributed by atoms with E-state index >= 15 is 0 Å². The quantitative estimate of drug-likeness (QED) is 0.346. The van der Waals surface area contributed by atoms with Crippen molar-refractivity contribution in [1.82, 2.24) is 10.3 Å². The number of hydrogen-bond acceptors (Lipinski definition) is 7. The van der Waals surface area contributed by atoms with Crippen LogP contribution in [0.15, 0.2) is 27.9 Å². The molecule has 1 aromatic heterocycles. The van der Waals surface area contributed by atoms with Gasteiger partial charge in [0.2, 0.25) is 12.1 Å². The summed E-state index contributed by atoms with van der Waals surface area (Å²) in [5.41, 5.74) is 12.1. The highest BCUT2D eigenvalue weighted by atomic mass is 16.6. The van der Waals surface area contributed by atoms with Gasteiger partial charge in [0.1, 0.15) is 11.5 Å². The van der Waals surface area contributed by atoms with Gasteiger partial charge in [0.15, 0.2) is 11.5 Å². The van der Waals surface area contributed by atoms with Crippen molar-refractivity contribution < 1.29 is 19.2 Å². The Balaban J connectivity index is 2.20. The molecule has 2 rings (SSSR count). The highest BCUT2D eigenvalue weighted by Gasteiger charge is 2.12. The number of benzene rings is 1. The largest absolute Gasteiger partial charge is 0.497 e. The van der Waals surface area contributed by atoms with Gasteiger partial charge in [-0.1, -0.05) is 0 Å². The third-order valence-corrected chi connectivity index (χ3v) is 2.60. The van der Waals surface area contributed by atoms with Gasteiger partial charge in [0, 0.05) is 11.2 Å². The van der Waals surface area contributed by atoms with E-state index < -0.39 is 0 Å². The summed E-state index contributed by atoms with van der Waals surface area (Å²) in [5.74, 6) is 1.43. The standard InChI is InChI=1S/C12H14N6O3/c1-19-8-4-3-7(9(5-8)20-2)6-15-16-11(13)10-12(14)18-21-17-10/h3-6H,1-2H3,(H2,13,16)(H2,14,18)/p+1. The number of aromatic nitrogens is 2. The fraction of sp³-hybridized carbons (Fsp3) is 0.167. The Morgan fingerprint density at radius 3 is 2.76 bits per heavy atom. The second-order valence-corrected chi connectivity index (χ2v) is 3.88. The number of anilines is 1. The van der Waals surface area contributed by atoms with Gasteiger partial charge in [-0.25, -0.2) is 4.63 Å². The van der Waals surface area contributed by atoms with Crippen molar-refractivity contribution in [3.63, 3.8) is 0 Å². The Morgan fingerprint density at radius 2 is 2.14 bits per heavy atom. The molecule has 0 aliphatic carbocycles. The Labute approximate surface area is 120 Å². The predicted octanol–water partition coefficient (Wildman–Crippen LogP) is -1.51. The van der Waals surface area contributed by atoms with E-state index in [1.807, 2.05) is 6.07 Å². The summed E-state index contributed by atoms with van der Waals surface area (Å²) in [5, 5.41) is 13.5. The van der Waals surface area contributed by atoms with Crippen LogP contribution >= 0.6 is 0 Å². The van der Waals surface area contributed by atoms with E-state index in [0.717, 1.165) is 5.56 Å². The molecule has 0 fully saturated rings. The molecule has 0 radical (unpaired) electrons. The molecule has 1 heterocycles. The van der Waals surface area contributed by atoms with E-state index in [2.05, 4.69) is 25.1 Å². The number of nitrogen functional groups attached to an aromatic ring is 1. The Hall–Kier alpha value is -3.10. The molecule has 0 spiro atoms. The molecule has 9 heteroatoms. The fourth-order valence-corrected chi connectivity index (χ4v) is 1.54. The highest BCUT2D eigenvalue weighted by Crippen LogP contribution is 2.22. The third-order valence-electron chi connectivity index (χ3n) is 2.60. The first kappa shape index (κ1) is 14.3. The molecule has 5 N–H and O–H groups in total. The number of rotatable bonds is 5. The lowest BCUT2D eigenvalue weighted by molar-refractivity contribution is -0.456. The van der Waals surface area contributed by atoms with Crippen LogP contribution in [-0.2, 0) is 0 Å². The number of hydrogen-bond donors (Lipinski definition) is 3. The first-order valence-corrected chi connectivity index (χ1v) is 5.88. The minimum atomic E-state index is 0.0532. The molecule has 0 bridgehead atoms. The smallest absolute Gasteiger partial charge is 0.224 e. The lowest BCUT2D eigenvalue weighted by Crippen LogP contribution is -2.63. The molecule has 0 aliphatic heterocycles. The average Bonchev–Trinajstić information content (AvgIpc) is 2.93. The average molecular weight is 291 g/mol. The van der Waals surface area contributed by atoms with E-state index in [9.17, 15) is 0 Å². The SMILES string of the molecule is COc1ccc(C=[NH+]N=C(N)c2nonc2N)c(OC)c1. The molecule has 0 saturated heterocycles. The van der Waals surface area contributed by atoms with E-state index in [4.69, 9.17) is 20.9 Å². The van der Waals surface area contributed by atoms with Crippen LogP contribution in [0.2, 0.25) is 0 Å². The summed E-state index contributed by atoms with van der Waals surface area (Å²) in [7, 11) is 3.14. The molecule has 1 aromatic carbocycles. The van der Waals surface area contributed by atoms with Gasteiger partial charge in [-0.2, -0.15) is 0 Å². The number of nitrogens with two attached hydrogens (primary N) is 2. The minimum Gasteiger partial charge on any atom is -0.497 e. The summed E-state index contributed by atoms with van der Waals surface area (Å²) in [4.78, 5) is 0. The van der Waals surface area contributed by atoms with Crippen molar-refractivity contribution in [3.8, 4) is 11.5 Å². The van der Waals surface area contributed by atoms with Crippen LogP contribution in [0.4, 0.5) is 5.82 Å². The number of hydrazone groups is 1. The van der Waals surface area contributed by atoms with Crippen LogP contribution < -0.4 is 26.0 Å².